The summed E-state index contributed by atoms with van der Waals surface area (Å²) in [6.07, 6.45) is 1.27. The summed E-state index contributed by atoms with van der Waals surface area (Å²) in [5.74, 6) is -1.29. The number of benzene rings is 1. The first-order chi connectivity index (χ1) is 7.15. The van der Waals surface area contributed by atoms with Crippen molar-refractivity contribution in [2.45, 2.75) is 18.8 Å². The van der Waals surface area contributed by atoms with Gasteiger partial charge in [-0.25, -0.2) is 0 Å². The monoisotopic (exact) mass is 227 g/mol. The summed E-state index contributed by atoms with van der Waals surface area (Å²) < 4.78 is 0. The molecule has 0 aliphatic rings. The van der Waals surface area contributed by atoms with Gasteiger partial charge in [0.2, 0.25) is 0 Å². The summed E-state index contributed by atoms with van der Waals surface area (Å²) in [6.45, 7) is 0.511. The third-order valence-electron chi connectivity index (χ3n) is 2.27. The van der Waals surface area contributed by atoms with Gasteiger partial charge in [-0.05, 0) is 37.1 Å². The predicted molar refractivity (Wildman–Crippen MR) is 60.1 cm³/mol. The summed E-state index contributed by atoms with van der Waals surface area (Å²) in [4.78, 5) is 11.0. The zero-order valence-electron chi connectivity index (χ0n) is 8.32. The fourth-order valence-electron chi connectivity index (χ4n) is 1.45. The van der Waals surface area contributed by atoms with Crippen molar-refractivity contribution in [3.05, 3.63) is 34.9 Å². The molecule has 1 aromatic rings. The van der Waals surface area contributed by atoms with Crippen LogP contribution in [0.1, 0.15) is 24.3 Å². The van der Waals surface area contributed by atoms with Crippen LogP contribution in [0.4, 0.5) is 0 Å². The Kier molecular flexibility index (Phi) is 4.59. The topological polar surface area (TPSA) is 63.3 Å². The number of hydrogen-bond acceptors (Lipinski definition) is 2. The van der Waals surface area contributed by atoms with E-state index in [0.29, 0.717) is 24.4 Å². The SMILES string of the molecule is NCCCC(C(=O)O)c1ccc(Cl)cc1. The summed E-state index contributed by atoms with van der Waals surface area (Å²) in [5, 5.41) is 9.66. The van der Waals surface area contributed by atoms with Gasteiger partial charge < -0.3 is 10.8 Å². The van der Waals surface area contributed by atoms with E-state index >= 15 is 0 Å². The molecule has 15 heavy (non-hydrogen) atoms. The highest BCUT2D eigenvalue weighted by Gasteiger charge is 2.18. The Morgan fingerprint density at radius 1 is 1.40 bits per heavy atom. The van der Waals surface area contributed by atoms with Crippen molar-refractivity contribution >= 4 is 17.6 Å². The van der Waals surface area contributed by atoms with E-state index in [-0.39, 0.29) is 0 Å². The first-order valence-electron chi connectivity index (χ1n) is 4.83. The molecule has 0 bridgehead atoms. The van der Waals surface area contributed by atoms with Gasteiger partial charge in [0.1, 0.15) is 0 Å². The molecular weight excluding hydrogens is 214 g/mol. The van der Waals surface area contributed by atoms with Crippen LogP contribution in [0.2, 0.25) is 5.02 Å². The molecule has 0 aromatic heterocycles. The largest absolute Gasteiger partial charge is 0.481 e. The van der Waals surface area contributed by atoms with Crippen LogP contribution in [0.25, 0.3) is 0 Å². The van der Waals surface area contributed by atoms with E-state index in [1.165, 1.54) is 0 Å². The second-order valence-electron chi connectivity index (χ2n) is 3.37. The van der Waals surface area contributed by atoms with Gasteiger partial charge in [0.15, 0.2) is 0 Å². The van der Waals surface area contributed by atoms with Crippen molar-refractivity contribution in [2.75, 3.05) is 6.54 Å². The molecule has 1 rings (SSSR count). The summed E-state index contributed by atoms with van der Waals surface area (Å²) in [6, 6.07) is 6.90. The van der Waals surface area contributed by atoms with Crippen LogP contribution >= 0.6 is 11.6 Å². The Labute approximate surface area is 93.9 Å². The average molecular weight is 228 g/mol. The zero-order valence-corrected chi connectivity index (χ0v) is 9.07. The maximum absolute atomic E-state index is 11.0. The van der Waals surface area contributed by atoms with Crippen LogP contribution in [-0.4, -0.2) is 17.6 Å². The van der Waals surface area contributed by atoms with Gasteiger partial charge in [-0.2, -0.15) is 0 Å². The summed E-state index contributed by atoms with van der Waals surface area (Å²) in [7, 11) is 0. The van der Waals surface area contributed by atoms with E-state index in [4.69, 9.17) is 22.4 Å². The quantitative estimate of drug-likeness (QED) is 0.811. The van der Waals surface area contributed by atoms with Crippen molar-refractivity contribution in [3.63, 3.8) is 0 Å². The first kappa shape index (κ1) is 12.0. The van der Waals surface area contributed by atoms with Gasteiger partial charge >= 0.3 is 5.97 Å². The molecule has 3 N–H and O–H groups in total. The molecule has 1 aromatic carbocycles. The highest BCUT2D eigenvalue weighted by atomic mass is 35.5. The van der Waals surface area contributed by atoms with E-state index in [2.05, 4.69) is 0 Å². The molecular formula is C11H14ClNO2. The minimum atomic E-state index is -0.814. The number of carboxylic acid groups (broad SMARTS) is 1. The number of carbonyl (C=O) groups is 1. The zero-order chi connectivity index (χ0) is 11.3. The molecule has 1 atom stereocenters. The van der Waals surface area contributed by atoms with E-state index in [0.717, 1.165) is 5.56 Å². The van der Waals surface area contributed by atoms with Gasteiger partial charge in [-0.1, -0.05) is 23.7 Å². The number of hydrogen-bond donors (Lipinski definition) is 2. The van der Waals surface area contributed by atoms with Gasteiger partial charge in [0.05, 0.1) is 5.92 Å². The number of halogens is 1. The Hall–Kier alpha value is -1.06. The van der Waals surface area contributed by atoms with Crippen LogP contribution in [0, 0.1) is 0 Å². The maximum Gasteiger partial charge on any atom is 0.310 e. The molecule has 0 saturated heterocycles. The van der Waals surface area contributed by atoms with Gasteiger partial charge in [-0.3, -0.25) is 4.79 Å². The van der Waals surface area contributed by atoms with Crippen LogP contribution in [0.15, 0.2) is 24.3 Å². The van der Waals surface area contributed by atoms with Crippen molar-refractivity contribution in [1.82, 2.24) is 0 Å². The normalized spacial score (nSPS) is 12.4. The lowest BCUT2D eigenvalue weighted by Gasteiger charge is -2.11. The third-order valence-corrected chi connectivity index (χ3v) is 2.52. The predicted octanol–water partition coefficient (Wildman–Crippen LogP) is 2.25. The van der Waals surface area contributed by atoms with Crippen LogP contribution in [0.5, 0.6) is 0 Å². The number of nitrogens with two attached hydrogens (primary N) is 1. The molecule has 0 amide bonds. The molecule has 0 radical (unpaired) electrons. The first-order valence-corrected chi connectivity index (χ1v) is 5.21. The lowest BCUT2D eigenvalue weighted by atomic mass is 9.94. The molecule has 0 heterocycles. The molecule has 0 spiro atoms. The third kappa shape index (κ3) is 3.53. The molecule has 0 fully saturated rings. The molecule has 0 aliphatic carbocycles. The Bertz CT molecular complexity index is 324. The second-order valence-corrected chi connectivity index (χ2v) is 3.81. The minimum Gasteiger partial charge on any atom is -0.481 e. The van der Waals surface area contributed by atoms with E-state index in [1.807, 2.05) is 0 Å². The van der Waals surface area contributed by atoms with E-state index in [9.17, 15) is 4.79 Å². The molecule has 0 aliphatic heterocycles. The molecule has 0 saturated carbocycles. The molecule has 1 unspecified atom stereocenters. The minimum absolute atomic E-state index is 0.481. The Balaban J connectivity index is 2.79. The maximum atomic E-state index is 11.0. The highest BCUT2D eigenvalue weighted by Crippen LogP contribution is 2.22. The van der Waals surface area contributed by atoms with E-state index in [1.54, 1.807) is 24.3 Å². The van der Waals surface area contributed by atoms with Crippen molar-refractivity contribution in [3.8, 4) is 0 Å². The van der Waals surface area contributed by atoms with Crippen molar-refractivity contribution < 1.29 is 9.90 Å². The number of rotatable bonds is 5. The van der Waals surface area contributed by atoms with Gasteiger partial charge in [0, 0.05) is 5.02 Å². The standard InChI is InChI=1S/C11H14ClNO2/c12-9-5-3-8(4-6-9)10(11(14)15)2-1-7-13/h3-6,10H,1-2,7,13H2,(H,14,15). The number of aliphatic carboxylic acids is 1. The van der Waals surface area contributed by atoms with Crippen LogP contribution < -0.4 is 5.73 Å². The summed E-state index contributed by atoms with van der Waals surface area (Å²) in [5.41, 5.74) is 6.14. The highest BCUT2D eigenvalue weighted by molar-refractivity contribution is 6.30. The Morgan fingerprint density at radius 2 is 2.00 bits per heavy atom. The van der Waals surface area contributed by atoms with Gasteiger partial charge in [-0.15, -0.1) is 0 Å². The number of carboxylic acids is 1. The molecule has 3 nitrogen and oxygen atoms in total. The van der Waals surface area contributed by atoms with Crippen LogP contribution in [0.3, 0.4) is 0 Å². The van der Waals surface area contributed by atoms with Crippen LogP contribution in [-0.2, 0) is 4.79 Å². The van der Waals surface area contributed by atoms with E-state index < -0.39 is 11.9 Å². The second kappa shape index (κ2) is 5.73. The Morgan fingerprint density at radius 3 is 2.47 bits per heavy atom. The van der Waals surface area contributed by atoms with Gasteiger partial charge in [0.25, 0.3) is 0 Å². The fourth-order valence-corrected chi connectivity index (χ4v) is 1.58. The van der Waals surface area contributed by atoms with Crippen molar-refractivity contribution in [1.29, 1.82) is 0 Å². The fraction of sp³-hybridized carbons (Fsp3) is 0.364. The molecule has 4 heteroatoms. The van der Waals surface area contributed by atoms with Crippen molar-refractivity contribution in [2.24, 2.45) is 5.73 Å². The smallest absolute Gasteiger partial charge is 0.310 e. The molecule has 82 valence electrons. The lowest BCUT2D eigenvalue weighted by molar-refractivity contribution is -0.139. The summed E-state index contributed by atoms with van der Waals surface area (Å²) >= 11 is 5.73. The lowest BCUT2D eigenvalue weighted by Crippen LogP contribution is -2.13. The average Bonchev–Trinajstić information content (AvgIpc) is 2.21.